The maximum Gasteiger partial charge on any atom is 0.00557 e. The van der Waals surface area contributed by atoms with Crippen molar-refractivity contribution >= 4 is 5.57 Å². The van der Waals surface area contributed by atoms with Gasteiger partial charge in [0.2, 0.25) is 0 Å². The fourth-order valence-electron chi connectivity index (χ4n) is 2.22. The van der Waals surface area contributed by atoms with Crippen molar-refractivity contribution in [3.8, 4) is 0 Å². The second-order valence-corrected chi connectivity index (χ2v) is 4.38. The highest BCUT2D eigenvalue weighted by Crippen LogP contribution is 2.37. The molecule has 0 spiro atoms. The molecule has 1 aromatic carbocycles. The Balaban J connectivity index is 2.47. The number of aryl methyl sites for hydroxylation is 1. The molecule has 0 saturated carbocycles. The third kappa shape index (κ3) is 1.70. The van der Waals surface area contributed by atoms with Gasteiger partial charge in [0, 0.05) is 26.7 Å². The van der Waals surface area contributed by atoms with Crippen molar-refractivity contribution in [3.63, 3.8) is 0 Å². The lowest BCUT2D eigenvalue weighted by Gasteiger charge is -2.08. The van der Waals surface area contributed by atoms with E-state index in [0.717, 1.165) is 6.42 Å². The SMILES string of the molecule is C=C1C(=CN(C)C)Cc2cccc(C)c21. The molecule has 0 atom stereocenters. The molecular formula is C14H17N. The molecule has 0 fully saturated rings. The van der Waals surface area contributed by atoms with Gasteiger partial charge in [0.1, 0.15) is 0 Å². The van der Waals surface area contributed by atoms with E-state index in [1.54, 1.807) is 0 Å². The average molecular weight is 199 g/mol. The zero-order valence-electron chi connectivity index (χ0n) is 9.67. The molecule has 1 aromatic rings. The smallest absolute Gasteiger partial charge is 0.00557 e. The van der Waals surface area contributed by atoms with E-state index in [1.807, 2.05) is 0 Å². The highest BCUT2D eigenvalue weighted by molar-refractivity contribution is 5.85. The van der Waals surface area contributed by atoms with Gasteiger partial charge in [0.15, 0.2) is 0 Å². The molecule has 1 nitrogen and oxygen atoms in total. The Bertz CT molecular complexity index is 439. The monoisotopic (exact) mass is 199 g/mol. The molecule has 0 bridgehead atoms. The minimum atomic E-state index is 1.02. The fraction of sp³-hybridized carbons (Fsp3) is 0.286. The lowest BCUT2D eigenvalue weighted by Crippen LogP contribution is -2.02. The zero-order valence-corrected chi connectivity index (χ0v) is 9.67. The van der Waals surface area contributed by atoms with Crippen molar-refractivity contribution < 1.29 is 0 Å². The second-order valence-electron chi connectivity index (χ2n) is 4.38. The summed E-state index contributed by atoms with van der Waals surface area (Å²) in [7, 11) is 4.10. The number of benzene rings is 1. The van der Waals surface area contributed by atoms with Crippen LogP contribution in [0.3, 0.4) is 0 Å². The molecular weight excluding hydrogens is 182 g/mol. The van der Waals surface area contributed by atoms with Crippen LogP contribution >= 0.6 is 0 Å². The highest BCUT2D eigenvalue weighted by Gasteiger charge is 2.20. The predicted molar refractivity (Wildman–Crippen MR) is 65.7 cm³/mol. The minimum Gasteiger partial charge on any atom is -0.383 e. The Labute approximate surface area is 91.7 Å². The van der Waals surface area contributed by atoms with Gasteiger partial charge in [-0.15, -0.1) is 0 Å². The van der Waals surface area contributed by atoms with Crippen LogP contribution in [0.25, 0.3) is 5.57 Å². The first-order valence-electron chi connectivity index (χ1n) is 5.25. The van der Waals surface area contributed by atoms with Crippen LogP contribution in [-0.4, -0.2) is 19.0 Å². The van der Waals surface area contributed by atoms with Crippen LogP contribution in [0.15, 0.2) is 36.6 Å². The van der Waals surface area contributed by atoms with E-state index in [0.29, 0.717) is 0 Å². The Hall–Kier alpha value is -1.50. The number of allylic oxidation sites excluding steroid dienone is 2. The third-order valence-electron chi connectivity index (χ3n) is 2.84. The number of fused-ring (bicyclic) bond motifs is 1. The molecule has 0 saturated heterocycles. The standard InChI is InChI=1S/C14H17N/c1-10-6-5-7-12-8-13(9-15(3)4)11(2)14(10)12/h5-7,9H,2,8H2,1,3-4H3. The molecule has 0 unspecified atom stereocenters. The summed E-state index contributed by atoms with van der Waals surface area (Å²) in [5, 5.41) is 0. The minimum absolute atomic E-state index is 1.02. The molecule has 0 N–H and O–H groups in total. The summed E-state index contributed by atoms with van der Waals surface area (Å²) in [4.78, 5) is 2.09. The Morgan fingerprint density at radius 3 is 2.67 bits per heavy atom. The van der Waals surface area contributed by atoms with E-state index in [2.05, 4.69) is 56.9 Å². The van der Waals surface area contributed by atoms with Gasteiger partial charge in [0.25, 0.3) is 0 Å². The summed E-state index contributed by atoms with van der Waals surface area (Å²) in [5.41, 5.74) is 6.62. The van der Waals surface area contributed by atoms with Gasteiger partial charge in [-0.3, -0.25) is 0 Å². The van der Waals surface area contributed by atoms with Crippen molar-refractivity contribution in [3.05, 3.63) is 53.2 Å². The number of hydrogen-bond acceptors (Lipinski definition) is 1. The summed E-state index contributed by atoms with van der Waals surface area (Å²) in [6, 6.07) is 6.48. The third-order valence-corrected chi connectivity index (χ3v) is 2.84. The van der Waals surface area contributed by atoms with Gasteiger partial charge < -0.3 is 4.90 Å². The van der Waals surface area contributed by atoms with Gasteiger partial charge in [-0.05, 0) is 34.8 Å². The first kappa shape index (κ1) is 10.0. The Morgan fingerprint density at radius 1 is 1.33 bits per heavy atom. The van der Waals surface area contributed by atoms with Crippen molar-refractivity contribution in [2.24, 2.45) is 0 Å². The van der Waals surface area contributed by atoms with E-state index in [1.165, 1.54) is 27.8 Å². The van der Waals surface area contributed by atoms with Crippen LogP contribution in [-0.2, 0) is 6.42 Å². The summed E-state index contributed by atoms with van der Waals surface area (Å²) in [6.07, 6.45) is 3.19. The second kappa shape index (κ2) is 3.58. The lowest BCUT2D eigenvalue weighted by molar-refractivity contribution is 0.559. The van der Waals surface area contributed by atoms with E-state index < -0.39 is 0 Å². The molecule has 15 heavy (non-hydrogen) atoms. The predicted octanol–water partition coefficient (Wildman–Crippen LogP) is 3.01. The molecule has 0 radical (unpaired) electrons. The highest BCUT2D eigenvalue weighted by atomic mass is 15.0. The number of rotatable bonds is 1. The van der Waals surface area contributed by atoms with Crippen LogP contribution in [0.4, 0.5) is 0 Å². The Morgan fingerprint density at radius 2 is 2.07 bits per heavy atom. The fourth-order valence-corrected chi connectivity index (χ4v) is 2.22. The van der Waals surface area contributed by atoms with Crippen LogP contribution in [0.5, 0.6) is 0 Å². The van der Waals surface area contributed by atoms with E-state index in [-0.39, 0.29) is 0 Å². The van der Waals surface area contributed by atoms with Crippen molar-refractivity contribution in [2.45, 2.75) is 13.3 Å². The summed E-state index contributed by atoms with van der Waals surface area (Å²) in [6.45, 7) is 6.35. The van der Waals surface area contributed by atoms with Gasteiger partial charge >= 0.3 is 0 Å². The largest absolute Gasteiger partial charge is 0.383 e. The first-order chi connectivity index (χ1) is 7.09. The van der Waals surface area contributed by atoms with Gasteiger partial charge in [-0.2, -0.15) is 0 Å². The van der Waals surface area contributed by atoms with E-state index >= 15 is 0 Å². The van der Waals surface area contributed by atoms with Crippen molar-refractivity contribution in [1.82, 2.24) is 4.90 Å². The first-order valence-corrected chi connectivity index (χ1v) is 5.25. The molecule has 1 aliphatic carbocycles. The molecule has 0 aliphatic heterocycles. The van der Waals surface area contributed by atoms with Crippen molar-refractivity contribution in [1.29, 1.82) is 0 Å². The summed E-state index contributed by atoms with van der Waals surface area (Å²) >= 11 is 0. The quantitative estimate of drug-likeness (QED) is 0.672. The van der Waals surface area contributed by atoms with Crippen LogP contribution < -0.4 is 0 Å². The van der Waals surface area contributed by atoms with Crippen LogP contribution in [0, 0.1) is 6.92 Å². The average Bonchev–Trinajstić information content (AvgIpc) is 2.44. The number of nitrogens with zero attached hydrogens (tertiary/aromatic N) is 1. The Kier molecular flexibility index (Phi) is 2.39. The molecule has 0 aromatic heterocycles. The molecule has 1 aliphatic rings. The summed E-state index contributed by atoms with van der Waals surface area (Å²) in [5.74, 6) is 0. The lowest BCUT2D eigenvalue weighted by atomic mass is 10.0. The van der Waals surface area contributed by atoms with Crippen LogP contribution in [0.1, 0.15) is 16.7 Å². The number of hydrogen-bond donors (Lipinski definition) is 0. The van der Waals surface area contributed by atoms with Crippen molar-refractivity contribution in [2.75, 3.05) is 14.1 Å². The van der Waals surface area contributed by atoms with Gasteiger partial charge in [0.05, 0.1) is 0 Å². The molecule has 0 heterocycles. The maximum atomic E-state index is 4.20. The molecule has 1 heteroatoms. The van der Waals surface area contributed by atoms with Gasteiger partial charge in [-0.25, -0.2) is 0 Å². The topological polar surface area (TPSA) is 3.24 Å². The summed E-state index contributed by atoms with van der Waals surface area (Å²) < 4.78 is 0. The van der Waals surface area contributed by atoms with E-state index in [4.69, 9.17) is 0 Å². The molecule has 2 rings (SSSR count). The van der Waals surface area contributed by atoms with Crippen LogP contribution in [0.2, 0.25) is 0 Å². The maximum absolute atomic E-state index is 4.20. The molecule has 0 amide bonds. The molecule has 78 valence electrons. The van der Waals surface area contributed by atoms with Gasteiger partial charge in [-0.1, -0.05) is 24.8 Å². The van der Waals surface area contributed by atoms with E-state index in [9.17, 15) is 0 Å². The normalized spacial score (nSPS) is 17.0. The zero-order chi connectivity index (χ0) is 11.0.